The molecule has 6 heteroatoms. The number of rotatable bonds is 3. The molecule has 0 radical (unpaired) electrons. The minimum absolute atomic E-state index is 0.0332. The summed E-state index contributed by atoms with van der Waals surface area (Å²) in [5, 5.41) is 17.2. The number of fused-ring (bicyclic) bond motifs is 1. The fourth-order valence-corrected chi connectivity index (χ4v) is 3.08. The van der Waals surface area contributed by atoms with Crippen molar-refractivity contribution in [3.8, 4) is 0 Å². The molecule has 0 aliphatic heterocycles. The van der Waals surface area contributed by atoms with Crippen molar-refractivity contribution in [3.63, 3.8) is 0 Å². The van der Waals surface area contributed by atoms with Gasteiger partial charge in [-0.25, -0.2) is 4.98 Å². The van der Waals surface area contributed by atoms with E-state index in [1.807, 2.05) is 6.92 Å². The highest BCUT2D eigenvalue weighted by molar-refractivity contribution is 6.06. The molecule has 2 N–H and O–H groups in total. The molecule has 0 unspecified atom stereocenters. The van der Waals surface area contributed by atoms with E-state index >= 15 is 0 Å². The molecule has 1 saturated carbocycles. The highest BCUT2D eigenvalue weighted by Crippen LogP contribution is 2.30. The Bertz CT molecular complexity index is 687. The van der Waals surface area contributed by atoms with Crippen LogP contribution in [0.4, 0.5) is 0 Å². The van der Waals surface area contributed by atoms with Gasteiger partial charge < -0.3 is 14.9 Å². The van der Waals surface area contributed by atoms with Gasteiger partial charge in [-0.05, 0) is 32.8 Å². The third kappa shape index (κ3) is 2.40. The maximum absolute atomic E-state index is 12.7. The molecule has 21 heavy (non-hydrogen) atoms. The van der Waals surface area contributed by atoms with E-state index in [0.29, 0.717) is 28.1 Å². The van der Waals surface area contributed by atoms with Crippen LogP contribution in [-0.4, -0.2) is 33.3 Å². The summed E-state index contributed by atoms with van der Waals surface area (Å²) >= 11 is 0. The van der Waals surface area contributed by atoms with Crippen LogP contribution >= 0.6 is 0 Å². The number of amides is 1. The fraction of sp³-hybridized carbons (Fsp3) is 0.533. The summed E-state index contributed by atoms with van der Waals surface area (Å²) in [4.78, 5) is 16.9. The Balaban J connectivity index is 1.99. The first-order valence-electron chi connectivity index (χ1n) is 7.22. The fourth-order valence-electron chi connectivity index (χ4n) is 3.08. The van der Waals surface area contributed by atoms with E-state index < -0.39 is 5.54 Å². The van der Waals surface area contributed by atoms with E-state index in [-0.39, 0.29) is 12.5 Å². The molecular weight excluding hydrogens is 270 g/mol. The molecule has 0 spiro atoms. The average molecular weight is 289 g/mol. The average Bonchev–Trinajstić information content (AvgIpc) is 3.06. The van der Waals surface area contributed by atoms with E-state index in [1.54, 1.807) is 13.0 Å². The van der Waals surface area contributed by atoms with Crippen LogP contribution in [0.1, 0.15) is 47.4 Å². The zero-order valence-electron chi connectivity index (χ0n) is 12.3. The molecule has 1 amide bonds. The number of nitrogens with one attached hydrogen (secondary N) is 1. The lowest BCUT2D eigenvalue weighted by atomic mass is 9.97. The summed E-state index contributed by atoms with van der Waals surface area (Å²) in [6.07, 6.45) is 3.67. The van der Waals surface area contributed by atoms with Gasteiger partial charge in [0.25, 0.3) is 11.6 Å². The van der Waals surface area contributed by atoms with Gasteiger partial charge in [0.15, 0.2) is 0 Å². The number of carbonyl (C=O) groups is 1. The maximum Gasteiger partial charge on any atom is 0.258 e. The molecule has 1 aliphatic carbocycles. The Hall–Kier alpha value is -1.95. The molecule has 0 bridgehead atoms. The Morgan fingerprint density at radius 1 is 1.43 bits per heavy atom. The van der Waals surface area contributed by atoms with E-state index in [9.17, 15) is 9.90 Å². The molecule has 0 atom stereocenters. The van der Waals surface area contributed by atoms with E-state index in [0.717, 1.165) is 25.7 Å². The number of aliphatic hydroxyl groups is 1. The minimum Gasteiger partial charge on any atom is -0.394 e. The van der Waals surface area contributed by atoms with Gasteiger partial charge in [0.1, 0.15) is 0 Å². The molecular formula is C15H19N3O3. The minimum atomic E-state index is -0.494. The maximum atomic E-state index is 12.7. The monoisotopic (exact) mass is 289 g/mol. The van der Waals surface area contributed by atoms with Crippen molar-refractivity contribution >= 4 is 17.0 Å². The third-order valence-electron chi connectivity index (χ3n) is 4.23. The van der Waals surface area contributed by atoms with Crippen LogP contribution in [0.2, 0.25) is 0 Å². The second-order valence-electron chi connectivity index (χ2n) is 5.86. The van der Waals surface area contributed by atoms with E-state index in [1.165, 1.54) is 0 Å². The number of carbonyl (C=O) groups excluding carboxylic acids is 1. The lowest BCUT2D eigenvalue weighted by molar-refractivity contribution is 0.0840. The zero-order valence-corrected chi connectivity index (χ0v) is 12.3. The highest BCUT2D eigenvalue weighted by Gasteiger charge is 2.35. The number of hydrogen-bond acceptors (Lipinski definition) is 5. The first kappa shape index (κ1) is 14.0. The Kier molecular flexibility index (Phi) is 3.41. The predicted octanol–water partition coefficient (Wildman–Crippen LogP) is 1.87. The van der Waals surface area contributed by atoms with Crippen molar-refractivity contribution in [1.82, 2.24) is 15.5 Å². The van der Waals surface area contributed by atoms with Gasteiger partial charge in [-0.1, -0.05) is 18.0 Å². The lowest BCUT2D eigenvalue weighted by Gasteiger charge is -2.28. The van der Waals surface area contributed by atoms with Crippen LogP contribution in [0, 0.1) is 13.8 Å². The molecule has 0 saturated heterocycles. The lowest BCUT2D eigenvalue weighted by Crippen LogP contribution is -2.49. The van der Waals surface area contributed by atoms with E-state index in [2.05, 4.69) is 15.5 Å². The molecule has 2 heterocycles. The quantitative estimate of drug-likeness (QED) is 0.900. The number of aryl methyl sites for hydroxylation is 2. The van der Waals surface area contributed by atoms with Crippen molar-refractivity contribution in [3.05, 3.63) is 23.0 Å². The Labute approximate surface area is 122 Å². The highest BCUT2D eigenvalue weighted by atomic mass is 16.5. The summed E-state index contributed by atoms with van der Waals surface area (Å²) in [5.41, 5.74) is 1.74. The molecule has 2 aromatic rings. The summed E-state index contributed by atoms with van der Waals surface area (Å²) < 4.78 is 5.15. The number of hydrogen-bond donors (Lipinski definition) is 2. The zero-order chi connectivity index (χ0) is 15.0. The summed E-state index contributed by atoms with van der Waals surface area (Å²) in [7, 11) is 0. The second kappa shape index (κ2) is 5.11. The first-order chi connectivity index (χ1) is 10.0. The van der Waals surface area contributed by atoms with Crippen LogP contribution in [0.25, 0.3) is 11.1 Å². The first-order valence-corrected chi connectivity index (χ1v) is 7.22. The van der Waals surface area contributed by atoms with Crippen LogP contribution in [-0.2, 0) is 0 Å². The standard InChI is InChI=1S/C15H19N3O3/c1-9-7-11(12-10(2)18-21-14(12)16-9)13(20)17-15(8-19)5-3-4-6-15/h7,19H,3-6,8H2,1-2H3,(H,17,20). The molecule has 6 nitrogen and oxygen atoms in total. The van der Waals surface area contributed by atoms with Crippen molar-refractivity contribution in [2.75, 3.05) is 6.61 Å². The number of pyridine rings is 1. The molecule has 0 aromatic carbocycles. The van der Waals surface area contributed by atoms with Crippen LogP contribution in [0.3, 0.4) is 0 Å². The van der Waals surface area contributed by atoms with Crippen molar-refractivity contribution < 1.29 is 14.4 Å². The van der Waals surface area contributed by atoms with Gasteiger partial charge in [0.05, 0.1) is 28.8 Å². The second-order valence-corrected chi connectivity index (χ2v) is 5.86. The number of aromatic nitrogens is 2. The van der Waals surface area contributed by atoms with Crippen molar-refractivity contribution in [1.29, 1.82) is 0 Å². The number of nitrogens with zero attached hydrogens (tertiary/aromatic N) is 2. The van der Waals surface area contributed by atoms with Crippen LogP contribution in [0.5, 0.6) is 0 Å². The summed E-state index contributed by atoms with van der Waals surface area (Å²) in [5.74, 6) is -0.201. The largest absolute Gasteiger partial charge is 0.394 e. The molecule has 3 rings (SSSR count). The summed E-state index contributed by atoms with van der Waals surface area (Å²) in [6.45, 7) is 3.57. The van der Waals surface area contributed by atoms with Gasteiger partial charge in [-0.2, -0.15) is 0 Å². The predicted molar refractivity (Wildman–Crippen MR) is 77.0 cm³/mol. The van der Waals surface area contributed by atoms with Crippen molar-refractivity contribution in [2.24, 2.45) is 0 Å². The van der Waals surface area contributed by atoms with Crippen molar-refractivity contribution in [2.45, 2.75) is 45.1 Å². The van der Waals surface area contributed by atoms with Gasteiger partial charge >= 0.3 is 0 Å². The number of aliphatic hydroxyl groups excluding tert-OH is 1. The Morgan fingerprint density at radius 2 is 2.14 bits per heavy atom. The smallest absolute Gasteiger partial charge is 0.258 e. The Morgan fingerprint density at radius 3 is 2.81 bits per heavy atom. The third-order valence-corrected chi connectivity index (χ3v) is 4.23. The van der Waals surface area contributed by atoms with Crippen LogP contribution < -0.4 is 5.32 Å². The molecule has 2 aromatic heterocycles. The van der Waals surface area contributed by atoms with Gasteiger partial charge in [-0.15, -0.1) is 0 Å². The van der Waals surface area contributed by atoms with E-state index in [4.69, 9.17) is 4.52 Å². The molecule has 112 valence electrons. The normalized spacial score (nSPS) is 17.3. The summed E-state index contributed by atoms with van der Waals surface area (Å²) in [6, 6.07) is 1.74. The van der Waals surface area contributed by atoms with Gasteiger partial charge in [-0.3, -0.25) is 4.79 Å². The molecule has 1 aliphatic rings. The van der Waals surface area contributed by atoms with Gasteiger partial charge in [0.2, 0.25) is 0 Å². The van der Waals surface area contributed by atoms with Gasteiger partial charge in [0, 0.05) is 5.69 Å². The molecule has 1 fully saturated rings. The van der Waals surface area contributed by atoms with Crippen LogP contribution in [0.15, 0.2) is 10.6 Å². The topological polar surface area (TPSA) is 88.2 Å². The SMILES string of the molecule is Cc1cc(C(=O)NC2(CO)CCCC2)c2c(C)noc2n1.